The van der Waals surface area contributed by atoms with Gasteiger partial charge in [-0.1, -0.05) is 54.0 Å². The van der Waals surface area contributed by atoms with Crippen molar-refractivity contribution in [2.45, 2.75) is 19.8 Å². The Morgan fingerprint density at radius 2 is 1.79 bits per heavy atom. The molecule has 0 aromatic heterocycles. The van der Waals surface area contributed by atoms with Crippen LogP contribution in [0.15, 0.2) is 40.9 Å². The van der Waals surface area contributed by atoms with E-state index in [9.17, 15) is 0 Å². The van der Waals surface area contributed by atoms with E-state index in [-0.39, 0.29) is 0 Å². The molecule has 0 aliphatic rings. The van der Waals surface area contributed by atoms with Gasteiger partial charge in [-0.2, -0.15) is 0 Å². The summed E-state index contributed by atoms with van der Waals surface area (Å²) in [5.41, 5.74) is 1.41. The van der Waals surface area contributed by atoms with Gasteiger partial charge in [0.25, 0.3) is 0 Å². The van der Waals surface area contributed by atoms with Gasteiger partial charge in [0.1, 0.15) is 0 Å². The highest BCUT2D eigenvalue weighted by molar-refractivity contribution is 9.10. The Labute approximate surface area is 93.1 Å². The lowest BCUT2D eigenvalue weighted by Crippen LogP contribution is -1.89. The number of hydrogen-bond donors (Lipinski definition) is 0. The zero-order valence-electron chi connectivity index (χ0n) is 8.42. The summed E-state index contributed by atoms with van der Waals surface area (Å²) in [5.74, 6) is 0.567. The van der Waals surface area contributed by atoms with Crippen LogP contribution in [0.1, 0.15) is 25.3 Å². The first-order chi connectivity index (χ1) is 6.68. The third kappa shape index (κ3) is 1.69. The van der Waals surface area contributed by atoms with Crippen molar-refractivity contribution in [2.75, 3.05) is 0 Å². The molecule has 0 atom stereocenters. The van der Waals surface area contributed by atoms with Crippen molar-refractivity contribution in [2.24, 2.45) is 0 Å². The van der Waals surface area contributed by atoms with Crippen LogP contribution in [0.5, 0.6) is 0 Å². The molecule has 14 heavy (non-hydrogen) atoms. The first-order valence-electron chi connectivity index (χ1n) is 4.86. The minimum absolute atomic E-state index is 0.567. The van der Waals surface area contributed by atoms with Crippen LogP contribution >= 0.6 is 15.9 Å². The third-order valence-corrected chi connectivity index (χ3v) is 2.94. The molecule has 2 aromatic rings. The number of hydrogen-bond acceptors (Lipinski definition) is 0. The lowest BCUT2D eigenvalue weighted by Gasteiger charge is -2.10. The Bertz CT molecular complexity index is 458. The first kappa shape index (κ1) is 9.72. The summed E-state index contributed by atoms with van der Waals surface area (Å²) in [4.78, 5) is 0. The molecule has 0 amide bonds. The summed E-state index contributed by atoms with van der Waals surface area (Å²) >= 11 is 3.55. The normalized spacial score (nSPS) is 11.1. The summed E-state index contributed by atoms with van der Waals surface area (Å²) in [5, 5.41) is 2.68. The van der Waals surface area contributed by atoms with Crippen molar-refractivity contribution < 1.29 is 0 Å². The second-order valence-corrected chi connectivity index (χ2v) is 4.79. The van der Waals surface area contributed by atoms with E-state index in [0.29, 0.717) is 5.92 Å². The Balaban J connectivity index is 2.80. The molecule has 0 bridgehead atoms. The number of benzene rings is 2. The molecular weight excluding hydrogens is 236 g/mol. The van der Waals surface area contributed by atoms with Gasteiger partial charge >= 0.3 is 0 Å². The molecule has 0 spiro atoms. The molecule has 72 valence electrons. The van der Waals surface area contributed by atoms with E-state index < -0.39 is 0 Å². The van der Waals surface area contributed by atoms with Crippen LogP contribution in [-0.2, 0) is 0 Å². The molecule has 2 rings (SSSR count). The lowest BCUT2D eigenvalue weighted by molar-refractivity contribution is 0.875. The Hall–Kier alpha value is -0.820. The van der Waals surface area contributed by atoms with Gasteiger partial charge in [-0.05, 0) is 34.4 Å². The van der Waals surface area contributed by atoms with Gasteiger partial charge in [0.05, 0.1) is 0 Å². The summed E-state index contributed by atoms with van der Waals surface area (Å²) < 4.78 is 1.17. The number of rotatable bonds is 1. The van der Waals surface area contributed by atoms with Crippen LogP contribution in [0.3, 0.4) is 0 Å². The maximum atomic E-state index is 3.55. The Kier molecular flexibility index (Phi) is 2.60. The Morgan fingerprint density at radius 3 is 2.50 bits per heavy atom. The van der Waals surface area contributed by atoms with E-state index in [2.05, 4.69) is 66.2 Å². The van der Waals surface area contributed by atoms with Gasteiger partial charge in [-0.3, -0.25) is 0 Å². The molecule has 0 heterocycles. The molecule has 0 saturated carbocycles. The van der Waals surface area contributed by atoms with E-state index in [1.54, 1.807) is 0 Å². The van der Waals surface area contributed by atoms with Crippen molar-refractivity contribution >= 4 is 26.7 Å². The fourth-order valence-corrected chi connectivity index (χ4v) is 2.27. The largest absolute Gasteiger partial charge is 0.0616 e. The molecule has 0 N–H and O–H groups in total. The van der Waals surface area contributed by atoms with Gasteiger partial charge < -0.3 is 0 Å². The van der Waals surface area contributed by atoms with Crippen LogP contribution in [-0.4, -0.2) is 0 Å². The fraction of sp³-hybridized carbons (Fsp3) is 0.231. The standard InChI is InChI=1S/C13H13Br/c1-9(2)13-8-11(14)7-10-5-3-4-6-12(10)13/h3-9H,1-2H3. The molecule has 0 radical (unpaired) electrons. The number of halogens is 1. The summed E-state index contributed by atoms with van der Waals surface area (Å²) in [7, 11) is 0. The monoisotopic (exact) mass is 248 g/mol. The van der Waals surface area contributed by atoms with Gasteiger partial charge in [0.2, 0.25) is 0 Å². The van der Waals surface area contributed by atoms with Gasteiger partial charge in [-0.25, -0.2) is 0 Å². The predicted molar refractivity (Wildman–Crippen MR) is 65.7 cm³/mol. The quantitative estimate of drug-likeness (QED) is 0.685. The van der Waals surface area contributed by atoms with E-state index >= 15 is 0 Å². The smallest absolute Gasteiger partial charge is 0.0184 e. The van der Waals surface area contributed by atoms with Gasteiger partial charge in [-0.15, -0.1) is 0 Å². The van der Waals surface area contributed by atoms with Crippen molar-refractivity contribution in [3.8, 4) is 0 Å². The molecule has 0 aliphatic carbocycles. The highest BCUT2D eigenvalue weighted by Crippen LogP contribution is 2.29. The minimum Gasteiger partial charge on any atom is -0.0616 e. The van der Waals surface area contributed by atoms with Gasteiger partial charge in [0, 0.05) is 4.47 Å². The topological polar surface area (TPSA) is 0 Å². The zero-order chi connectivity index (χ0) is 10.1. The predicted octanol–water partition coefficient (Wildman–Crippen LogP) is 4.73. The molecule has 0 fully saturated rings. The number of fused-ring (bicyclic) bond motifs is 1. The average Bonchev–Trinajstić information content (AvgIpc) is 2.16. The summed E-state index contributed by atoms with van der Waals surface area (Å²) in [6.45, 7) is 4.46. The molecule has 0 aliphatic heterocycles. The molecule has 0 unspecified atom stereocenters. The molecule has 0 nitrogen and oxygen atoms in total. The zero-order valence-corrected chi connectivity index (χ0v) is 10.0. The molecule has 1 heteroatoms. The maximum Gasteiger partial charge on any atom is 0.0184 e. The van der Waals surface area contributed by atoms with E-state index in [0.717, 1.165) is 0 Å². The maximum absolute atomic E-state index is 3.55. The minimum atomic E-state index is 0.567. The van der Waals surface area contributed by atoms with E-state index in [1.165, 1.54) is 20.8 Å². The van der Waals surface area contributed by atoms with Crippen molar-refractivity contribution in [3.05, 3.63) is 46.4 Å². The van der Waals surface area contributed by atoms with Gasteiger partial charge in [0.15, 0.2) is 0 Å². The second-order valence-electron chi connectivity index (χ2n) is 3.87. The average molecular weight is 249 g/mol. The van der Waals surface area contributed by atoms with Crippen LogP contribution in [0, 0.1) is 0 Å². The summed E-state index contributed by atoms with van der Waals surface area (Å²) in [6, 6.07) is 12.9. The Morgan fingerprint density at radius 1 is 1.07 bits per heavy atom. The van der Waals surface area contributed by atoms with Crippen LogP contribution in [0.25, 0.3) is 10.8 Å². The van der Waals surface area contributed by atoms with Crippen molar-refractivity contribution in [1.82, 2.24) is 0 Å². The SMILES string of the molecule is CC(C)c1cc(Br)cc2ccccc12. The van der Waals surface area contributed by atoms with Crippen LogP contribution in [0.4, 0.5) is 0 Å². The molecular formula is C13H13Br. The highest BCUT2D eigenvalue weighted by Gasteiger charge is 2.05. The second kappa shape index (κ2) is 3.74. The lowest BCUT2D eigenvalue weighted by atomic mass is 9.96. The molecule has 2 aromatic carbocycles. The van der Waals surface area contributed by atoms with Crippen molar-refractivity contribution in [1.29, 1.82) is 0 Å². The highest BCUT2D eigenvalue weighted by atomic mass is 79.9. The fourth-order valence-electron chi connectivity index (χ4n) is 1.78. The summed E-state index contributed by atoms with van der Waals surface area (Å²) in [6.07, 6.45) is 0. The van der Waals surface area contributed by atoms with Crippen molar-refractivity contribution in [3.63, 3.8) is 0 Å². The van der Waals surface area contributed by atoms with Crippen LogP contribution < -0.4 is 0 Å². The van der Waals surface area contributed by atoms with E-state index in [4.69, 9.17) is 0 Å². The third-order valence-electron chi connectivity index (χ3n) is 2.48. The first-order valence-corrected chi connectivity index (χ1v) is 5.66. The van der Waals surface area contributed by atoms with E-state index in [1.807, 2.05) is 0 Å². The molecule has 0 saturated heterocycles. The van der Waals surface area contributed by atoms with Crippen LogP contribution in [0.2, 0.25) is 0 Å².